The zero-order chi connectivity index (χ0) is 19.3. The standard InChI is InChI=1S/C22H20Cl2O3/c1-3-12-10-13(14-5-7-16(23)17(24)11-14)4-6-15(12)19-20(25)18-8-9-22(2,27-18)21(19)26/h4-7,10-11,18,26H,3,8-9H2,1-2H3/t18-,22+/m0/s1. The Labute approximate surface area is 168 Å². The van der Waals surface area contributed by atoms with Gasteiger partial charge in [0.15, 0.2) is 5.78 Å². The highest BCUT2D eigenvalue weighted by Crippen LogP contribution is 2.45. The molecule has 27 heavy (non-hydrogen) atoms. The number of carbonyl (C=O) groups is 1. The first-order valence-corrected chi connectivity index (χ1v) is 9.84. The highest BCUT2D eigenvalue weighted by Gasteiger charge is 2.50. The van der Waals surface area contributed by atoms with Crippen molar-refractivity contribution in [1.29, 1.82) is 0 Å². The molecular formula is C22H20Cl2O3. The molecule has 3 nitrogen and oxygen atoms in total. The SMILES string of the molecule is CCc1cc(-c2ccc(Cl)c(Cl)c2)ccc1C1=C(O)[C@@]2(C)CC[C@H](O2)C1=O. The van der Waals surface area contributed by atoms with Gasteiger partial charge in [0.25, 0.3) is 0 Å². The van der Waals surface area contributed by atoms with E-state index in [2.05, 4.69) is 0 Å². The molecule has 2 heterocycles. The van der Waals surface area contributed by atoms with Gasteiger partial charge in [-0.3, -0.25) is 4.79 Å². The second-order valence-corrected chi connectivity index (χ2v) is 8.13. The minimum absolute atomic E-state index is 0.0539. The number of rotatable bonds is 3. The summed E-state index contributed by atoms with van der Waals surface area (Å²) in [6.45, 7) is 3.89. The van der Waals surface area contributed by atoms with Crippen LogP contribution in [-0.4, -0.2) is 22.6 Å². The summed E-state index contributed by atoms with van der Waals surface area (Å²) < 4.78 is 5.77. The van der Waals surface area contributed by atoms with Crippen molar-refractivity contribution in [3.05, 3.63) is 63.3 Å². The summed E-state index contributed by atoms with van der Waals surface area (Å²) in [6, 6.07) is 11.4. The third kappa shape index (κ3) is 2.98. The number of halogens is 2. The fourth-order valence-electron chi connectivity index (χ4n) is 3.98. The molecule has 4 rings (SSSR count). The molecule has 2 aliphatic rings. The van der Waals surface area contributed by atoms with Gasteiger partial charge < -0.3 is 9.84 Å². The molecule has 0 saturated carbocycles. The maximum absolute atomic E-state index is 12.9. The van der Waals surface area contributed by atoms with Gasteiger partial charge in [-0.15, -0.1) is 0 Å². The molecule has 2 atom stereocenters. The zero-order valence-electron chi connectivity index (χ0n) is 15.2. The normalized spacial score (nSPS) is 24.6. The van der Waals surface area contributed by atoms with Crippen LogP contribution in [-0.2, 0) is 16.0 Å². The van der Waals surface area contributed by atoms with Crippen LogP contribution in [0.4, 0.5) is 0 Å². The molecule has 0 radical (unpaired) electrons. The Kier molecular flexibility index (Phi) is 4.58. The minimum atomic E-state index is -0.763. The molecule has 5 heteroatoms. The van der Waals surface area contributed by atoms with Gasteiger partial charge in [0.05, 0.1) is 15.6 Å². The van der Waals surface area contributed by atoms with Crippen molar-refractivity contribution in [2.24, 2.45) is 0 Å². The van der Waals surface area contributed by atoms with E-state index in [1.54, 1.807) is 6.07 Å². The molecule has 1 fully saturated rings. The Morgan fingerprint density at radius 3 is 2.56 bits per heavy atom. The number of aliphatic hydroxyl groups excluding tert-OH is 1. The zero-order valence-corrected chi connectivity index (χ0v) is 16.7. The number of ketones is 1. The van der Waals surface area contributed by atoms with Crippen LogP contribution in [0.5, 0.6) is 0 Å². The van der Waals surface area contributed by atoms with E-state index >= 15 is 0 Å². The van der Waals surface area contributed by atoms with Crippen LogP contribution in [0.2, 0.25) is 10.0 Å². The Morgan fingerprint density at radius 2 is 1.85 bits per heavy atom. The van der Waals surface area contributed by atoms with Crippen LogP contribution in [0.15, 0.2) is 42.2 Å². The fourth-order valence-corrected chi connectivity index (χ4v) is 4.28. The maximum atomic E-state index is 12.9. The molecule has 0 aliphatic carbocycles. The fraction of sp³-hybridized carbons (Fsp3) is 0.318. The van der Waals surface area contributed by atoms with Crippen molar-refractivity contribution in [1.82, 2.24) is 0 Å². The summed E-state index contributed by atoms with van der Waals surface area (Å²) in [5.74, 6) is -0.0716. The van der Waals surface area contributed by atoms with E-state index in [1.165, 1.54) is 0 Å². The Hall–Kier alpha value is -1.81. The first-order valence-electron chi connectivity index (χ1n) is 9.08. The highest BCUT2D eigenvalue weighted by molar-refractivity contribution is 6.42. The van der Waals surface area contributed by atoms with Gasteiger partial charge in [0, 0.05) is 0 Å². The number of Topliss-reactive ketones (excluding diaryl/α,β-unsaturated/α-hetero) is 1. The van der Waals surface area contributed by atoms with E-state index in [0.29, 0.717) is 28.5 Å². The lowest BCUT2D eigenvalue weighted by atomic mass is 9.87. The van der Waals surface area contributed by atoms with Gasteiger partial charge in [0.2, 0.25) is 0 Å². The lowest BCUT2D eigenvalue weighted by Crippen LogP contribution is -2.37. The molecule has 1 N–H and O–H groups in total. The highest BCUT2D eigenvalue weighted by atomic mass is 35.5. The molecule has 140 valence electrons. The van der Waals surface area contributed by atoms with Gasteiger partial charge in [-0.1, -0.05) is 54.4 Å². The van der Waals surface area contributed by atoms with Crippen LogP contribution in [0.1, 0.15) is 37.8 Å². The van der Waals surface area contributed by atoms with Gasteiger partial charge >= 0.3 is 0 Å². The van der Waals surface area contributed by atoms with Crippen molar-refractivity contribution >= 4 is 34.6 Å². The summed E-state index contributed by atoms with van der Waals surface area (Å²) >= 11 is 12.2. The van der Waals surface area contributed by atoms with Crippen molar-refractivity contribution in [3.63, 3.8) is 0 Å². The summed E-state index contributed by atoms with van der Waals surface area (Å²) in [6.07, 6.45) is 1.57. The predicted molar refractivity (Wildman–Crippen MR) is 108 cm³/mol. The lowest BCUT2D eigenvalue weighted by molar-refractivity contribution is -0.130. The molecule has 2 aromatic carbocycles. The Balaban J connectivity index is 1.83. The molecule has 0 aromatic heterocycles. The van der Waals surface area contributed by atoms with Crippen molar-refractivity contribution in [3.8, 4) is 11.1 Å². The number of hydrogen-bond acceptors (Lipinski definition) is 3. The van der Waals surface area contributed by atoms with Crippen molar-refractivity contribution in [2.45, 2.75) is 44.8 Å². The number of fused-ring (bicyclic) bond motifs is 2. The van der Waals surface area contributed by atoms with Crippen LogP contribution in [0.3, 0.4) is 0 Å². The number of benzene rings is 2. The smallest absolute Gasteiger partial charge is 0.195 e. The third-order valence-corrected chi connectivity index (χ3v) is 6.31. The van der Waals surface area contributed by atoms with E-state index in [-0.39, 0.29) is 11.5 Å². The van der Waals surface area contributed by atoms with E-state index in [1.807, 2.05) is 44.2 Å². The molecule has 0 amide bonds. The monoisotopic (exact) mass is 402 g/mol. The summed E-state index contributed by atoms with van der Waals surface area (Å²) in [7, 11) is 0. The summed E-state index contributed by atoms with van der Waals surface area (Å²) in [5, 5.41) is 11.8. The average molecular weight is 403 g/mol. The third-order valence-electron chi connectivity index (χ3n) is 5.57. The van der Waals surface area contributed by atoms with Crippen LogP contribution >= 0.6 is 23.2 Å². The van der Waals surface area contributed by atoms with Crippen LogP contribution in [0.25, 0.3) is 16.7 Å². The predicted octanol–water partition coefficient (Wildman–Crippen LogP) is 6.01. The van der Waals surface area contributed by atoms with Crippen molar-refractivity contribution in [2.75, 3.05) is 0 Å². The summed E-state index contributed by atoms with van der Waals surface area (Å²) in [4.78, 5) is 12.9. The Morgan fingerprint density at radius 1 is 1.15 bits per heavy atom. The number of carbonyl (C=O) groups excluding carboxylic acids is 1. The second kappa shape index (κ2) is 6.66. The quantitative estimate of drug-likeness (QED) is 0.683. The van der Waals surface area contributed by atoms with Crippen LogP contribution in [0, 0.1) is 0 Å². The van der Waals surface area contributed by atoms with Crippen LogP contribution < -0.4 is 0 Å². The first kappa shape index (κ1) is 18.5. The van der Waals surface area contributed by atoms with E-state index in [4.69, 9.17) is 27.9 Å². The number of aliphatic hydroxyl groups is 1. The average Bonchev–Trinajstić information content (AvgIpc) is 3.04. The van der Waals surface area contributed by atoms with Gasteiger partial charge in [0.1, 0.15) is 17.5 Å². The molecular weight excluding hydrogens is 383 g/mol. The molecule has 2 aromatic rings. The maximum Gasteiger partial charge on any atom is 0.195 e. The minimum Gasteiger partial charge on any atom is -0.508 e. The molecule has 1 saturated heterocycles. The van der Waals surface area contributed by atoms with E-state index in [0.717, 1.165) is 28.7 Å². The lowest BCUT2D eigenvalue weighted by Gasteiger charge is -2.31. The number of hydrogen-bond donors (Lipinski definition) is 1. The van der Waals surface area contributed by atoms with E-state index < -0.39 is 11.7 Å². The van der Waals surface area contributed by atoms with Gasteiger partial charge in [-0.2, -0.15) is 0 Å². The summed E-state index contributed by atoms with van der Waals surface area (Å²) in [5.41, 5.74) is 3.37. The van der Waals surface area contributed by atoms with E-state index in [9.17, 15) is 9.90 Å². The molecule has 2 bridgehead atoms. The van der Waals surface area contributed by atoms with Gasteiger partial charge in [-0.25, -0.2) is 0 Å². The van der Waals surface area contributed by atoms with Gasteiger partial charge in [-0.05, 0) is 60.6 Å². The molecule has 0 spiro atoms. The molecule has 2 aliphatic heterocycles. The second-order valence-electron chi connectivity index (χ2n) is 7.32. The number of aryl methyl sites for hydroxylation is 1. The molecule has 0 unspecified atom stereocenters. The van der Waals surface area contributed by atoms with Crippen molar-refractivity contribution < 1.29 is 14.6 Å². The number of ether oxygens (including phenoxy) is 1. The Bertz CT molecular complexity index is 980. The first-order chi connectivity index (χ1) is 12.8. The topological polar surface area (TPSA) is 46.5 Å². The largest absolute Gasteiger partial charge is 0.508 e.